The molecule has 0 aromatic heterocycles. The first-order chi connectivity index (χ1) is 9.33. The average Bonchev–Trinajstić information content (AvgIpc) is 2.70. The molecule has 0 unspecified atom stereocenters. The summed E-state index contributed by atoms with van der Waals surface area (Å²) in [5.41, 5.74) is -0.955. The molecular formula is C17H27NO2. The molecule has 2 atom stereocenters. The van der Waals surface area contributed by atoms with E-state index >= 15 is 0 Å². The van der Waals surface area contributed by atoms with Crippen molar-refractivity contribution in [3.63, 3.8) is 0 Å². The molecule has 112 valence electrons. The highest BCUT2D eigenvalue weighted by molar-refractivity contribution is 5.99. The fourth-order valence-electron chi connectivity index (χ4n) is 4.93. The predicted molar refractivity (Wildman–Crippen MR) is 78.2 cm³/mol. The van der Waals surface area contributed by atoms with Gasteiger partial charge in [0, 0.05) is 17.9 Å². The molecule has 0 aromatic carbocycles. The summed E-state index contributed by atoms with van der Waals surface area (Å²) in [6.45, 7) is 6.33. The molecule has 20 heavy (non-hydrogen) atoms. The van der Waals surface area contributed by atoms with E-state index in [1.165, 1.54) is 19.3 Å². The van der Waals surface area contributed by atoms with E-state index in [4.69, 9.17) is 0 Å². The Bertz CT molecular complexity index is 450. The van der Waals surface area contributed by atoms with Crippen molar-refractivity contribution < 1.29 is 9.59 Å². The van der Waals surface area contributed by atoms with Gasteiger partial charge in [0.1, 0.15) is 5.78 Å². The van der Waals surface area contributed by atoms with Crippen LogP contribution in [0.3, 0.4) is 0 Å². The van der Waals surface area contributed by atoms with E-state index in [-0.39, 0.29) is 16.7 Å². The minimum atomic E-state index is -0.448. The van der Waals surface area contributed by atoms with E-state index in [9.17, 15) is 9.59 Å². The predicted octanol–water partition coefficient (Wildman–Crippen LogP) is 3.22. The fourth-order valence-corrected chi connectivity index (χ4v) is 4.93. The van der Waals surface area contributed by atoms with Gasteiger partial charge in [-0.25, -0.2) is 0 Å². The normalized spacial score (nSPS) is 40.0. The molecule has 0 saturated heterocycles. The first-order valence-electron chi connectivity index (χ1n) is 8.18. The summed E-state index contributed by atoms with van der Waals surface area (Å²) in [5, 5.41) is 3.28. The van der Waals surface area contributed by atoms with E-state index < -0.39 is 5.41 Å². The minimum absolute atomic E-state index is 0.156. The average molecular weight is 277 g/mol. The van der Waals surface area contributed by atoms with E-state index in [0.717, 1.165) is 25.7 Å². The highest BCUT2D eigenvalue weighted by atomic mass is 16.2. The number of fused-ring (bicyclic) bond motifs is 2. The molecule has 3 nitrogen and oxygen atoms in total. The Hall–Kier alpha value is -0.860. The summed E-state index contributed by atoms with van der Waals surface area (Å²) in [6, 6.07) is 0.337. The van der Waals surface area contributed by atoms with Crippen molar-refractivity contribution in [2.75, 3.05) is 0 Å². The summed E-state index contributed by atoms with van der Waals surface area (Å²) >= 11 is 0. The summed E-state index contributed by atoms with van der Waals surface area (Å²) in [4.78, 5) is 25.3. The maximum Gasteiger partial charge on any atom is 0.227 e. The van der Waals surface area contributed by atoms with Gasteiger partial charge in [-0.2, -0.15) is 0 Å². The monoisotopic (exact) mass is 277 g/mol. The zero-order valence-electron chi connectivity index (χ0n) is 13.1. The number of nitrogens with one attached hydrogen (secondary N) is 1. The van der Waals surface area contributed by atoms with Crippen LogP contribution >= 0.6 is 0 Å². The third-order valence-electron chi connectivity index (χ3n) is 7.08. The molecule has 1 amide bonds. The van der Waals surface area contributed by atoms with Crippen molar-refractivity contribution in [1.29, 1.82) is 0 Å². The molecule has 1 N–H and O–H groups in total. The number of ketones is 1. The maximum absolute atomic E-state index is 12.9. The molecule has 0 heterocycles. The fraction of sp³-hybridized carbons (Fsp3) is 0.882. The molecule has 0 aliphatic heterocycles. The van der Waals surface area contributed by atoms with E-state index in [1.54, 1.807) is 0 Å². The highest BCUT2D eigenvalue weighted by Crippen LogP contribution is 2.70. The van der Waals surface area contributed by atoms with Crippen LogP contribution in [0.1, 0.15) is 72.1 Å². The van der Waals surface area contributed by atoms with Crippen molar-refractivity contribution in [2.45, 2.75) is 78.2 Å². The van der Waals surface area contributed by atoms with Crippen LogP contribution in [0, 0.1) is 16.2 Å². The largest absolute Gasteiger partial charge is 0.353 e. The lowest BCUT2D eigenvalue weighted by molar-refractivity contribution is -0.137. The Labute approximate surface area is 121 Å². The summed E-state index contributed by atoms with van der Waals surface area (Å²) in [7, 11) is 0. The minimum Gasteiger partial charge on any atom is -0.353 e. The SMILES string of the molecule is CC1(C)[C@@]2(C(=O)NC3CCCCC3)CC[C@]1(C)C(=O)C2. The standard InChI is InChI=1S/C17H27NO2/c1-15(2)16(3)9-10-17(15,11-13(16)19)14(20)18-12-7-5-4-6-8-12/h12H,4-11H2,1-3H3,(H,18,20)/t16-,17+/m1/s1. The molecular weight excluding hydrogens is 250 g/mol. The molecule has 3 saturated carbocycles. The third kappa shape index (κ3) is 1.58. The van der Waals surface area contributed by atoms with Crippen LogP contribution in [0.15, 0.2) is 0 Å². The molecule has 0 aromatic rings. The molecule has 0 radical (unpaired) electrons. The second kappa shape index (κ2) is 4.32. The number of Topliss-reactive ketones (excluding diaryl/α,β-unsaturated/α-hetero) is 1. The van der Waals surface area contributed by atoms with Gasteiger partial charge in [-0.3, -0.25) is 9.59 Å². The van der Waals surface area contributed by atoms with Crippen LogP contribution in [0.5, 0.6) is 0 Å². The number of carbonyl (C=O) groups is 2. The van der Waals surface area contributed by atoms with Crippen LogP contribution in [0.4, 0.5) is 0 Å². The Morgan fingerprint density at radius 3 is 2.25 bits per heavy atom. The van der Waals surface area contributed by atoms with Gasteiger partial charge in [0.25, 0.3) is 0 Å². The van der Waals surface area contributed by atoms with Gasteiger partial charge in [0.2, 0.25) is 5.91 Å². The topological polar surface area (TPSA) is 46.2 Å². The van der Waals surface area contributed by atoms with Gasteiger partial charge in [-0.15, -0.1) is 0 Å². The molecule has 3 aliphatic rings. The number of amides is 1. The Morgan fingerprint density at radius 2 is 1.75 bits per heavy atom. The van der Waals surface area contributed by atoms with E-state index in [0.29, 0.717) is 18.2 Å². The van der Waals surface area contributed by atoms with Crippen molar-refractivity contribution in [2.24, 2.45) is 16.2 Å². The zero-order valence-corrected chi connectivity index (χ0v) is 13.1. The van der Waals surface area contributed by atoms with Crippen LogP contribution in [0.2, 0.25) is 0 Å². The van der Waals surface area contributed by atoms with Crippen LogP contribution in [-0.4, -0.2) is 17.7 Å². The second-order valence-electron chi connectivity index (χ2n) is 7.95. The van der Waals surface area contributed by atoms with Crippen molar-refractivity contribution >= 4 is 11.7 Å². The van der Waals surface area contributed by atoms with Gasteiger partial charge < -0.3 is 5.32 Å². The first-order valence-corrected chi connectivity index (χ1v) is 8.18. The summed E-state index contributed by atoms with van der Waals surface area (Å²) in [5.74, 6) is 0.455. The number of rotatable bonds is 2. The van der Waals surface area contributed by atoms with Crippen LogP contribution in [-0.2, 0) is 9.59 Å². The first kappa shape index (κ1) is 14.1. The van der Waals surface area contributed by atoms with Crippen molar-refractivity contribution in [3.05, 3.63) is 0 Å². The lowest BCUT2D eigenvalue weighted by Gasteiger charge is -2.39. The number of carbonyl (C=O) groups excluding carboxylic acids is 2. The summed E-state index contributed by atoms with van der Waals surface area (Å²) in [6.07, 6.45) is 8.14. The molecule has 3 fully saturated rings. The van der Waals surface area contributed by atoms with Gasteiger partial charge in [0.05, 0.1) is 5.41 Å². The van der Waals surface area contributed by atoms with Gasteiger partial charge in [-0.05, 0) is 31.1 Å². The molecule has 3 heteroatoms. The zero-order chi connectivity index (χ0) is 14.6. The van der Waals surface area contributed by atoms with Gasteiger partial charge in [-0.1, -0.05) is 40.0 Å². The maximum atomic E-state index is 12.9. The van der Waals surface area contributed by atoms with Crippen molar-refractivity contribution in [1.82, 2.24) is 5.32 Å². The van der Waals surface area contributed by atoms with Gasteiger partial charge >= 0.3 is 0 Å². The Balaban J connectivity index is 1.82. The molecule has 3 aliphatic carbocycles. The molecule has 0 spiro atoms. The van der Waals surface area contributed by atoms with Crippen LogP contribution < -0.4 is 5.32 Å². The number of hydrogen-bond donors (Lipinski definition) is 1. The Morgan fingerprint density at radius 1 is 1.10 bits per heavy atom. The lowest BCUT2D eigenvalue weighted by Crippen LogP contribution is -2.50. The second-order valence-corrected chi connectivity index (χ2v) is 7.95. The summed E-state index contributed by atoms with van der Waals surface area (Å²) < 4.78 is 0. The third-order valence-corrected chi connectivity index (χ3v) is 7.08. The van der Waals surface area contributed by atoms with Gasteiger partial charge in [0.15, 0.2) is 0 Å². The molecule has 3 rings (SSSR count). The van der Waals surface area contributed by atoms with E-state index in [2.05, 4.69) is 26.1 Å². The van der Waals surface area contributed by atoms with Crippen LogP contribution in [0.25, 0.3) is 0 Å². The molecule has 2 bridgehead atoms. The highest BCUT2D eigenvalue weighted by Gasteiger charge is 2.72. The van der Waals surface area contributed by atoms with Crippen molar-refractivity contribution in [3.8, 4) is 0 Å². The Kier molecular flexibility index (Phi) is 3.04. The smallest absolute Gasteiger partial charge is 0.227 e. The lowest BCUT2D eigenvalue weighted by atomic mass is 9.64. The number of hydrogen-bond acceptors (Lipinski definition) is 2. The quantitative estimate of drug-likeness (QED) is 0.842. The van der Waals surface area contributed by atoms with E-state index in [1.807, 2.05) is 0 Å².